The number of amides is 1. The fourth-order valence-corrected chi connectivity index (χ4v) is 3.15. The number of hydrogen-bond acceptors (Lipinski definition) is 5. The van der Waals surface area contributed by atoms with Gasteiger partial charge < -0.3 is 9.73 Å². The number of aliphatic imine (C=N–C) groups is 1. The van der Waals surface area contributed by atoms with Crippen LogP contribution < -0.4 is 5.32 Å². The van der Waals surface area contributed by atoms with E-state index in [1.807, 2.05) is 35.7 Å². The third-order valence-corrected chi connectivity index (χ3v) is 4.30. The van der Waals surface area contributed by atoms with Gasteiger partial charge in [0, 0.05) is 16.6 Å². The van der Waals surface area contributed by atoms with E-state index in [1.165, 1.54) is 11.3 Å². The molecule has 0 fully saturated rings. The van der Waals surface area contributed by atoms with E-state index in [1.54, 1.807) is 18.5 Å². The Kier molecular flexibility index (Phi) is 3.08. The van der Waals surface area contributed by atoms with E-state index < -0.39 is 6.04 Å². The number of nitrogens with zero attached hydrogens (tertiary/aromatic N) is 2. The minimum atomic E-state index is -0.603. The first-order valence-electron chi connectivity index (χ1n) is 6.74. The SMILES string of the molecule is O=C1Nc2ncccc2C(c2ccco2)=NC1c1cccs1. The minimum absolute atomic E-state index is 0.191. The molecule has 0 radical (unpaired) electrons. The molecule has 0 saturated heterocycles. The molecule has 3 aromatic heterocycles. The number of anilines is 1. The Hall–Kier alpha value is -2.73. The fraction of sp³-hybridized carbons (Fsp3) is 0.0625. The first kappa shape index (κ1) is 13.0. The number of carbonyl (C=O) groups is 1. The van der Waals surface area contributed by atoms with Gasteiger partial charge in [0.1, 0.15) is 11.5 Å². The summed E-state index contributed by atoms with van der Waals surface area (Å²) in [5.41, 5.74) is 1.38. The number of pyridine rings is 1. The molecule has 108 valence electrons. The monoisotopic (exact) mass is 309 g/mol. The molecule has 4 heterocycles. The zero-order valence-corrected chi connectivity index (χ0v) is 12.2. The molecule has 0 spiro atoms. The number of hydrogen-bond donors (Lipinski definition) is 1. The van der Waals surface area contributed by atoms with Gasteiger partial charge in [0.2, 0.25) is 0 Å². The lowest BCUT2D eigenvalue weighted by Crippen LogP contribution is -2.18. The summed E-state index contributed by atoms with van der Waals surface area (Å²) >= 11 is 1.50. The highest BCUT2D eigenvalue weighted by molar-refractivity contribution is 7.10. The summed E-state index contributed by atoms with van der Waals surface area (Å²) in [7, 11) is 0. The van der Waals surface area contributed by atoms with Crippen LogP contribution in [-0.4, -0.2) is 16.6 Å². The highest BCUT2D eigenvalue weighted by Gasteiger charge is 2.29. The largest absolute Gasteiger partial charge is 0.463 e. The second-order valence-corrected chi connectivity index (χ2v) is 5.74. The quantitative estimate of drug-likeness (QED) is 0.790. The van der Waals surface area contributed by atoms with Crippen LogP contribution in [-0.2, 0) is 4.79 Å². The third kappa shape index (κ3) is 2.14. The molecule has 0 aliphatic carbocycles. The van der Waals surface area contributed by atoms with E-state index in [0.29, 0.717) is 17.3 Å². The normalized spacial score (nSPS) is 17.4. The highest BCUT2D eigenvalue weighted by atomic mass is 32.1. The average Bonchev–Trinajstić information content (AvgIpc) is 3.20. The van der Waals surface area contributed by atoms with Gasteiger partial charge in [0.15, 0.2) is 11.8 Å². The van der Waals surface area contributed by atoms with Crippen LogP contribution in [0.15, 0.2) is 63.6 Å². The van der Waals surface area contributed by atoms with Crippen molar-refractivity contribution in [2.24, 2.45) is 4.99 Å². The topological polar surface area (TPSA) is 67.5 Å². The van der Waals surface area contributed by atoms with Crippen LogP contribution in [0.1, 0.15) is 22.2 Å². The second-order valence-electron chi connectivity index (χ2n) is 4.76. The molecule has 1 aliphatic heterocycles. The van der Waals surface area contributed by atoms with Crippen molar-refractivity contribution in [1.29, 1.82) is 0 Å². The standard InChI is InChI=1S/C16H11N3O2S/c20-16-14(12-6-3-9-22-12)18-13(11-5-2-8-21-11)10-4-1-7-17-15(10)19-16/h1-9,14H,(H,17,19,20). The Balaban J connectivity index is 1.92. The summed E-state index contributed by atoms with van der Waals surface area (Å²) in [5.74, 6) is 0.929. The van der Waals surface area contributed by atoms with Gasteiger partial charge in [0.25, 0.3) is 5.91 Å². The van der Waals surface area contributed by atoms with Crippen molar-refractivity contribution in [3.63, 3.8) is 0 Å². The molecule has 22 heavy (non-hydrogen) atoms. The van der Waals surface area contributed by atoms with Gasteiger partial charge in [-0.05, 0) is 35.7 Å². The maximum absolute atomic E-state index is 12.5. The lowest BCUT2D eigenvalue weighted by molar-refractivity contribution is -0.117. The van der Waals surface area contributed by atoms with E-state index in [0.717, 1.165) is 10.4 Å². The van der Waals surface area contributed by atoms with Gasteiger partial charge in [-0.1, -0.05) is 6.07 Å². The van der Waals surface area contributed by atoms with Crippen LogP contribution in [0.5, 0.6) is 0 Å². The van der Waals surface area contributed by atoms with Crippen molar-refractivity contribution in [2.45, 2.75) is 6.04 Å². The van der Waals surface area contributed by atoms with E-state index in [4.69, 9.17) is 4.42 Å². The molecular weight excluding hydrogens is 298 g/mol. The predicted molar refractivity (Wildman–Crippen MR) is 84.3 cm³/mol. The van der Waals surface area contributed by atoms with Gasteiger partial charge in [-0.2, -0.15) is 0 Å². The predicted octanol–water partition coefficient (Wildman–Crippen LogP) is 3.27. The maximum atomic E-state index is 12.5. The Morgan fingerprint density at radius 3 is 2.91 bits per heavy atom. The summed E-state index contributed by atoms with van der Waals surface area (Å²) < 4.78 is 5.49. The number of carbonyl (C=O) groups excluding carboxylic acids is 1. The molecule has 0 aromatic carbocycles. The molecule has 1 amide bonds. The van der Waals surface area contributed by atoms with Gasteiger partial charge in [-0.25, -0.2) is 4.98 Å². The van der Waals surface area contributed by atoms with Gasteiger partial charge in [0.05, 0.1) is 6.26 Å². The highest BCUT2D eigenvalue weighted by Crippen LogP contribution is 2.30. The number of aromatic nitrogens is 1. The Morgan fingerprint density at radius 2 is 2.14 bits per heavy atom. The van der Waals surface area contributed by atoms with Crippen LogP contribution >= 0.6 is 11.3 Å². The van der Waals surface area contributed by atoms with Crippen LogP contribution in [0, 0.1) is 0 Å². The molecule has 1 N–H and O–H groups in total. The summed E-state index contributed by atoms with van der Waals surface area (Å²) in [5, 5.41) is 4.78. The Morgan fingerprint density at radius 1 is 1.18 bits per heavy atom. The first-order chi connectivity index (χ1) is 10.8. The summed E-state index contributed by atoms with van der Waals surface area (Å²) in [6, 6.07) is 10.5. The molecule has 0 saturated carbocycles. The Labute approximate surface area is 130 Å². The second kappa shape index (κ2) is 5.23. The van der Waals surface area contributed by atoms with Crippen LogP contribution in [0.3, 0.4) is 0 Å². The van der Waals surface area contributed by atoms with Crippen molar-refractivity contribution in [2.75, 3.05) is 5.32 Å². The van der Waals surface area contributed by atoms with E-state index in [9.17, 15) is 4.79 Å². The minimum Gasteiger partial charge on any atom is -0.463 e. The summed E-state index contributed by atoms with van der Waals surface area (Å²) in [4.78, 5) is 22.3. The van der Waals surface area contributed by atoms with Crippen molar-refractivity contribution in [1.82, 2.24) is 4.98 Å². The van der Waals surface area contributed by atoms with Crippen LogP contribution in [0.4, 0.5) is 5.82 Å². The van der Waals surface area contributed by atoms with Crippen LogP contribution in [0.2, 0.25) is 0 Å². The molecule has 1 aliphatic rings. The fourth-order valence-electron chi connectivity index (χ4n) is 2.39. The van der Waals surface area contributed by atoms with Crippen molar-refractivity contribution in [3.05, 3.63) is 70.4 Å². The number of fused-ring (bicyclic) bond motifs is 1. The average molecular weight is 309 g/mol. The summed E-state index contributed by atoms with van der Waals surface area (Å²) in [6.07, 6.45) is 3.23. The van der Waals surface area contributed by atoms with Crippen LogP contribution in [0.25, 0.3) is 0 Å². The molecular formula is C16H11N3O2S. The van der Waals surface area contributed by atoms with Gasteiger partial charge in [-0.15, -0.1) is 11.3 Å². The zero-order valence-electron chi connectivity index (χ0n) is 11.4. The molecule has 3 aromatic rings. The molecule has 1 atom stereocenters. The maximum Gasteiger partial charge on any atom is 0.255 e. The Bertz CT molecular complexity index is 838. The van der Waals surface area contributed by atoms with E-state index >= 15 is 0 Å². The third-order valence-electron chi connectivity index (χ3n) is 3.38. The molecule has 4 rings (SSSR count). The van der Waals surface area contributed by atoms with Crippen molar-refractivity contribution in [3.8, 4) is 0 Å². The molecule has 1 unspecified atom stereocenters. The zero-order chi connectivity index (χ0) is 14.9. The molecule has 5 nitrogen and oxygen atoms in total. The smallest absolute Gasteiger partial charge is 0.255 e. The van der Waals surface area contributed by atoms with Crippen molar-refractivity contribution >= 4 is 28.8 Å². The lowest BCUT2D eigenvalue weighted by Gasteiger charge is -2.07. The van der Waals surface area contributed by atoms with E-state index in [2.05, 4.69) is 15.3 Å². The molecule has 0 bridgehead atoms. The van der Waals surface area contributed by atoms with Crippen molar-refractivity contribution < 1.29 is 9.21 Å². The molecule has 6 heteroatoms. The van der Waals surface area contributed by atoms with Gasteiger partial charge >= 0.3 is 0 Å². The number of thiophene rings is 1. The number of furan rings is 1. The first-order valence-corrected chi connectivity index (χ1v) is 7.62. The lowest BCUT2D eigenvalue weighted by atomic mass is 10.1. The summed E-state index contributed by atoms with van der Waals surface area (Å²) in [6.45, 7) is 0. The van der Waals surface area contributed by atoms with E-state index in [-0.39, 0.29) is 5.91 Å². The van der Waals surface area contributed by atoms with Gasteiger partial charge in [-0.3, -0.25) is 9.79 Å². The number of nitrogens with one attached hydrogen (secondary N) is 1. The number of rotatable bonds is 2.